The highest BCUT2D eigenvalue weighted by molar-refractivity contribution is 5.33. The Morgan fingerprint density at radius 3 is 2.29 bits per heavy atom. The van der Waals surface area contributed by atoms with Crippen LogP contribution in [0.2, 0.25) is 0 Å². The van der Waals surface area contributed by atoms with Crippen LogP contribution in [-0.4, -0.2) is 38.9 Å². The molecule has 5 heteroatoms. The molecule has 0 bridgehead atoms. The SMILES string of the molecule is COc1ccccc1CN(Cc1cn(C)nc1C)C1CC(C)(C)NC(C)(C)C1. The number of piperidine rings is 1. The van der Waals surface area contributed by atoms with Crippen LogP contribution >= 0.6 is 0 Å². The summed E-state index contributed by atoms with van der Waals surface area (Å²) in [6, 6.07) is 8.85. The monoisotopic (exact) mass is 384 g/mol. The van der Waals surface area contributed by atoms with E-state index in [1.165, 1.54) is 11.1 Å². The van der Waals surface area contributed by atoms with Crippen LogP contribution in [-0.2, 0) is 20.1 Å². The molecule has 28 heavy (non-hydrogen) atoms. The Labute approximate surface area is 170 Å². The molecule has 1 N–H and O–H groups in total. The van der Waals surface area contributed by atoms with Gasteiger partial charge in [0.05, 0.1) is 12.8 Å². The van der Waals surface area contributed by atoms with Crippen LogP contribution in [0.4, 0.5) is 0 Å². The van der Waals surface area contributed by atoms with E-state index in [0.29, 0.717) is 6.04 Å². The first-order valence-electron chi connectivity index (χ1n) is 10.2. The Morgan fingerprint density at radius 1 is 1.11 bits per heavy atom. The van der Waals surface area contributed by atoms with Gasteiger partial charge in [-0.2, -0.15) is 5.10 Å². The minimum Gasteiger partial charge on any atom is -0.496 e. The largest absolute Gasteiger partial charge is 0.496 e. The Balaban J connectivity index is 1.93. The fourth-order valence-corrected chi connectivity index (χ4v) is 4.92. The van der Waals surface area contributed by atoms with E-state index in [4.69, 9.17) is 4.74 Å². The predicted octanol–water partition coefficient (Wildman–Crippen LogP) is 4.05. The predicted molar refractivity (Wildman–Crippen MR) is 115 cm³/mol. The van der Waals surface area contributed by atoms with Crippen LogP contribution in [0.1, 0.15) is 57.4 Å². The van der Waals surface area contributed by atoms with E-state index in [2.05, 4.69) is 74.3 Å². The molecule has 2 aromatic rings. The highest BCUT2D eigenvalue weighted by atomic mass is 16.5. The second kappa shape index (κ2) is 7.88. The van der Waals surface area contributed by atoms with Crippen molar-refractivity contribution in [1.82, 2.24) is 20.0 Å². The highest BCUT2D eigenvalue weighted by Crippen LogP contribution is 2.34. The maximum Gasteiger partial charge on any atom is 0.123 e. The van der Waals surface area contributed by atoms with Crippen molar-refractivity contribution in [2.75, 3.05) is 7.11 Å². The van der Waals surface area contributed by atoms with Crippen molar-refractivity contribution in [2.24, 2.45) is 7.05 Å². The van der Waals surface area contributed by atoms with Gasteiger partial charge in [-0.15, -0.1) is 0 Å². The number of ether oxygens (including phenoxy) is 1. The zero-order valence-corrected chi connectivity index (χ0v) is 18.5. The number of para-hydroxylation sites is 1. The third-order valence-corrected chi connectivity index (χ3v) is 5.74. The van der Waals surface area contributed by atoms with Crippen molar-refractivity contribution in [2.45, 2.75) is 77.7 Å². The summed E-state index contributed by atoms with van der Waals surface area (Å²) < 4.78 is 7.56. The zero-order valence-electron chi connectivity index (χ0n) is 18.5. The summed E-state index contributed by atoms with van der Waals surface area (Å²) in [5.74, 6) is 0.961. The normalized spacial score (nSPS) is 19.1. The van der Waals surface area contributed by atoms with Crippen molar-refractivity contribution in [1.29, 1.82) is 0 Å². The Morgan fingerprint density at radius 2 is 1.71 bits per heavy atom. The Bertz CT molecular complexity index is 793. The maximum atomic E-state index is 5.64. The lowest BCUT2D eigenvalue weighted by Crippen LogP contribution is -2.62. The topological polar surface area (TPSA) is 42.3 Å². The smallest absolute Gasteiger partial charge is 0.123 e. The molecule has 1 aliphatic heterocycles. The van der Waals surface area contributed by atoms with E-state index in [1.54, 1.807) is 7.11 Å². The molecule has 5 nitrogen and oxygen atoms in total. The van der Waals surface area contributed by atoms with Gasteiger partial charge in [-0.25, -0.2) is 0 Å². The van der Waals surface area contributed by atoms with Gasteiger partial charge in [-0.3, -0.25) is 9.58 Å². The minimum absolute atomic E-state index is 0.107. The number of nitrogens with one attached hydrogen (secondary N) is 1. The summed E-state index contributed by atoms with van der Waals surface area (Å²) in [5.41, 5.74) is 3.86. The van der Waals surface area contributed by atoms with E-state index >= 15 is 0 Å². The third-order valence-electron chi connectivity index (χ3n) is 5.74. The Kier molecular flexibility index (Phi) is 5.87. The van der Waals surface area contributed by atoms with Crippen LogP contribution in [0.5, 0.6) is 5.75 Å². The summed E-state index contributed by atoms with van der Waals surface area (Å²) in [6.45, 7) is 13.1. The second-order valence-electron chi connectivity index (χ2n) is 9.59. The fraction of sp³-hybridized carbons (Fsp3) is 0.609. The molecule has 154 valence electrons. The third kappa shape index (κ3) is 4.95. The number of rotatable bonds is 6. The van der Waals surface area contributed by atoms with Crippen LogP contribution in [0.15, 0.2) is 30.5 Å². The van der Waals surface area contributed by atoms with Gasteiger partial charge in [0.15, 0.2) is 0 Å². The first-order valence-corrected chi connectivity index (χ1v) is 10.2. The number of methoxy groups -OCH3 is 1. The molecule has 0 atom stereocenters. The van der Waals surface area contributed by atoms with Gasteiger partial charge in [-0.05, 0) is 53.5 Å². The maximum absolute atomic E-state index is 5.64. The van der Waals surface area contributed by atoms with E-state index in [0.717, 1.165) is 37.4 Å². The second-order valence-corrected chi connectivity index (χ2v) is 9.59. The quantitative estimate of drug-likeness (QED) is 0.816. The van der Waals surface area contributed by atoms with Gasteiger partial charge >= 0.3 is 0 Å². The van der Waals surface area contributed by atoms with Gasteiger partial charge in [0, 0.05) is 54.6 Å². The van der Waals surface area contributed by atoms with E-state index in [-0.39, 0.29) is 11.1 Å². The summed E-state index contributed by atoms with van der Waals surface area (Å²) >= 11 is 0. The first kappa shape index (κ1) is 20.9. The van der Waals surface area contributed by atoms with E-state index in [1.807, 2.05) is 17.8 Å². The number of nitrogens with zero attached hydrogens (tertiary/aromatic N) is 3. The molecule has 1 aliphatic rings. The highest BCUT2D eigenvalue weighted by Gasteiger charge is 2.40. The molecule has 1 saturated heterocycles. The van der Waals surface area contributed by atoms with Gasteiger partial charge in [0.2, 0.25) is 0 Å². The summed E-state index contributed by atoms with van der Waals surface area (Å²) in [7, 11) is 3.75. The fourth-order valence-electron chi connectivity index (χ4n) is 4.92. The summed E-state index contributed by atoms with van der Waals surface area (Å²) in [6.07, 6.45) is 4.39. The van der Waals surface area contributed by atoms with Gasteiger partial charge in [-0.1, -0.05) is 18.2 Å². The summed E-state index contributed by atoms with van der Waals surface area (Å²) in [5, 5.41) is 8.37. The van der Waals surface area contributed by atoms with Gasteiger partial charge < -0.3 is 10.1 Å². The zero-order chi connectivity index (χ0) is 20.5. The van der Waals surface area contributed by atoms with Gasteiger partial charge in [0.1, 0.15) is 5.75 Å². The lowest BCUT2D eigenvalue weighted by molar-refractivity contribution is 0.0558. The molecule has 1 aromatic heterocycles. The van der Waals surface area contributed by atoms with E-state index in [9.17, 15) is 0 Å². The average Bonchev–Trinajstić information content (AvgIpc) is 2.89. The van der Waals surface area contributed by atoms with Gasteiger partial charge in [0.25, 0.3) is 0 Å². The lowest BCUT2D eigenvalue weighted by atomic mass is 9.78. The molecular weight excluding hydrogens is 348 g/mol. The number of aryl methyl sites for hydroxylation is 2. The minimum atomic E-state index is 0.107. The molecule has 2 heterocycles. The molecule has 0 radical (unpaired) electrons. The standard InChI is InChI=1S/C23H36N4O/c1-17-19(14-26(6)24-17)16-27(15-18-10-8-9-11-21(18)28-7)20-12-22(2,3)25-23(4,5)13-20/h8-11,14,20,25H,12-13,15-16H2,1-7H3. The van der Waals surface area contributed by atoms with Crippen molar-refractivity contribution in [3.63, 3.8) is 0 Å². The van der Waals surface area contributed by atoms with Crippen LogP contribution in [0.25, 0.3) is 0 Å². The van der Waals surface area contributed by atoms with E-state index < -0.39 is 0 Å². The van der Waals surface area contributed by atoms with Crippen LogP contribution in [0.3, 0.4) is 0 Å². The number of hydrogen-bond acceptors (Lipinski definition) is 4. The molecular formula is C23H36N4O. The summed E-state index contributed by atoms with van der Waals surface area (Å²) in [4.78, 5) is 2.62. The van der Waals surface area contributed by atoms with Crippen molar-refractivity contribution in [3.05, 3.63) is 47.3 Å². The molecule has 1 fully saturated rings. The lowest BCUT2D eigenvalue weighted by Gasteiger charge is -2.49. The van der Waals surface area contributed by atoms with Crippen molar-refractivity contribution < 1.29 is 4.74 Å². The van der Waals surface area contributed by atoms with Crippen molar-refractivity contribution >= 4 is 0 Å². The molecule has 1 aromatic carbocycles. The van der Waals surface area contributed by atoms with Crippen molar-refractivity contribution in [3.8, 4) is 5.75 Å². The van der Waals surface area contributed by atoms with Crippen LogP contribution < -0.4 is 10.1 Å². The molecule has 0 unspecified atom stereocenters. The van der Waals surface area contributed by atoms with Crippen LogP contribution in [0, 0.1) is 6.92 Å². The molecule has 0 aliphatic carbocycles. The molecule has 3 rings (SSSR count). The number of hydrogen-bond donors (Lipinski definition) is 1. The first-order chi connectivity index (χ1) is 13.1. The molecule has 0 amide bonds. The Hall–Kier alpha value is -1.85. The number of aromatic nitrogens is 2. The molecule has 0 spiro atoms. The number of benzene rings is 1. The average molecular weight is 385 g/mol. The molecule has 0 saturated carbocycles.